The molecule has 168 valence electrons. The molecule has 3 rings (SSSR count). The summed E-state index contributed by atoms with van der Waals surface area (Å²) in [5.41, 5.74) is 4.48. The van der Waals surface area contributed by atoms with Gasteiger partial charge in [-0.1, -0.05) is 26.0 Å². The van der Waals surface area contributed by atoms with Crippen LogP contribution in [-0.4, -0.2) is 26.8 Å². The highest BCUT2D eigenvalue weighted by Gasteiger charge is 2.38. The van der Waals surface area contributed by atoms with Gasteiger partial charge in [-0.15, -0.1) is 0 Å². The van der Waals surface area contributed by atoms with Crippen LogP contribution in [0.3, 0.4) is 0 Å². The third kappa shape index (κ3) is 6.19. The lowest BCUT2D eigenvalue weighted by Crippen LogP contribution is -2.21. The number of hydrogen-bond acceptors (Lipinski definition) is 3. The Morgan fingerprint density at radius 1 is 1.16 bits per heavy atom. The van der Waals surface area contributed by atoms with E-state index in [2.05, 4.69) is 37.2 Å². The third-order valence-corrected chi connectivity index (χ3v) is 4.59. The van der Waals surface area contributed by atoms with Gasteiger partial charge in [0.15, 0.2) is 0 Å². The standard InChI is InChI=1S/C20H23FN2O.C2HF3O2/c1-13(2)11-23-15(4)14(3)18-9-10-22-20(19(18)23)24-12-16-5-7-17(21)8-6-16;3-2(4,5)1(6)7/h5-10,13H,11-12H2,1-4H3;(H,6,7). The number of hydrogen-bond donors (Lipinski definition) is 1. The number of rotatable bonds is 5. The first kappa shape index (κ1) is 24.2. The summed E-state index contributed by atoms with van der Waals surface area (Å²) in [5, 5.41) is 8.30. The summed E-state index contributed by atoms with van der Waals surface area (Å²) in [7, 11) is 0. The lowest BCUT2D eigenvalue weighted by Gasteiger charge is -2.13. The fourth-order valence-corrected chi connectivity index (χ4v) is 2.99. The molecular formula is C22H24F4N2O3. The average molecular weight is 440 g/mol. The van der Waals surface area contributed by atoms with E-state index in [1.165, 1.54) is 28.8 Å². The fraction of sp³-hybridized carbons (Fsp3) is 0.364. The third-order valence-electron chi connectivity index (χ3n) is 4.59. The molecule has 1 aromatic carbocycles. The first-order valence-corrected chi connectivity index (χ1v) is 9.53. The van der Waals surface area contributed by atoms with Gasteiger partial charge >= 0.3 is 12.1 Å². The predicted molar refractivity (Wildman–Crippen MR) is 108 cm³/mol. The van der Waals surface area contributed by atoms with Gasteiger partial charge in [-0.25, -0.2) is 14.2 Å². The fourth-order valence-electron chi connectivity index (χ4n) is 2.99. The van der Waals surface area contributed by atoms with Gasteiger partial charge in [-0.05, 0) is 49.1 Å². The first-order valence-electron chi connectivity index (χ1n) is 9.53. The number of halogens is 4. The van der Waals surface area contributed by atoms with Crippen molar-refractivity contribution < 1.29 is 32.2 Å². The second-order valence-electron chi connectivity index (χ2n) is 7.45. The van der Waals surface area contributed by atoms with Crippen LogP contribution >= 0.6 is 0 Å². The summed E-state index contributed by atoms with van der Waals surface area (Å²) in [4.78, 5) is 13.3. The zero-order valence-electron chi connectivity index (χ0n) is 17.6. The summed E-state index contributed by atoms with van der Waals surface area (Å²) in [5.74, 6) is -1.83. The number of alkyl halides is 3. The number of nitrogens with zero attached hydrogens (tertiary/aromatic N) is 2. The molecule has 1 N–H and O–H groups in total. The minimum Gasteiger partial charge on any atom is -0.475 e. The predicted octanol–water partition coefficient (Wildman–Crippen LogP) is 5.66. The van der Waals surface area contributed by atoms with Crippen LogP contribution in [0.4, 0.5) is 17.6 Å². The number of aromatic nitrogens is 2. The molecule has 0 aliphatic rings. The monoisotopic (exact) mass is 440 g/mol. The lowest BCUT2D eigenvalue weighted by molar-refractivity contribution is -0.192. The topological polar surface area (TPSA) is 64.4 Å². The largest absolute Gasteiger partial charge is 0.490 e. The van der Waals surface area contributed by atoms with Gasteiger partial charge in [-0.3, -0.25) is 0 Å². The molecule has 3 aromatic rings. The van der Waals surface area contributed by atoms with E-state index in [4.69, 9.17) is 14.6 Å². The zero-order valence-corrected chi connectivity index (χ0v) is 17.6. The van der Waals surface area contributed by atoms with Crippen LogP contribution in [0.1, 0.15) is 30.7 Å². The van der Waals surface area contributed by atoms with Gasteiger partial charge < -0.3 is 14.4 Å². The molecular weight excluding hydrogens is 416 g/mol. The van der Waals surface area contributed by atoms with Gasteiger partial charge in [0.1, 0.15) is 17.9 Å². The number of aliphatic carboxylic acids is 1. The normalized spacial score (nSPS) is 11.4. The summed E-state index contributed by atoms with van der Waals surface area (Å²) in [6.45, 7) is 9.98. The molecule has 0 spiro atoms. The molecule has 0 saturated heterocycles. The van der Waals surface area contributed by atoms with Gasteiger partial charge in [0, 0.05) is 23.8 Å². The van der Waals surface area contributed by atoms with Crippen LogP contribution in [0.2, 0.25) is 0 Å². The second-order valence-corrected chi connectivity index (χ2v) is 7.45. The molecule has 5 nitrogen and oxygen atoms in total. The number of fused-ring (bicyclic) bond motifs is 1. The Hall–Kier alpha value is -3.10. The highest BCUT2D eigenvalue weighted by molar-refractivity contribution is 5.88. The van der Waals surface area contributed by atoms with Gasteiger partial charge in [-0.2, -0.15) is 13.2 Å². The molecule has 2 aromatic heterocycles. The molecule has 0 atom stereocenters. The summed E-state index contributed by atoms with van der Waals surface area (Å²) >= 11 is 0. The molecule has 0 aliphatic carbocycles. The maximum atomic E-state index is 13.0. The molecule has 0 unspecified atom stereocenters. The van der Waals surface area contributed by atoms with Crippen molar-refractivity contribution in [1.29, 1.82) is 0 Å². The maximum absolute atomic E-state index is 13.0. The quantitative estimate of drug-likeness (QED) is 0.520. The van der Waals surface area contributed by atoms with E-state index < -0.39 is 12.1 Å². The Kier molecular flexibility index (Phi) is 7.65. The molecule has 0 bridgehead atoms. The van der Waals surface area contributed by atoms with Crippen molar-refractivity contribution in [3.8, 4) is 5.88 Å². The van der Waals surface area contributed by atoms with Gasteiger partial charge in [0.2, 0.25) is 5.88 Å². The van der Waals surface area contributed by atoms with Crippen molar-refractivity contribution in [2.75, 3.05) is 0 Å². The SMILES string of the molecule is Cc1c(C)n(CC(C)C)c2c(OCc3ccc(F)cc3)nccc12.O=C(O)C(F)(F)F. The van der Waals surface area contributed by atoms with E-state index in [1.807, 2.05) is 6.07 Å². The second kappa shape index (κ2) is 9.80. The molecule has 9 heteroatoms. The molecule has 2 heterocycles. The van der Waals surface area contributed by atoms with Crippen molar-refractivity contribution in [3.63, 3.8) is 0 Å². The molecule has 0 aliphatic heterocycles. The number of aryl methyl sites for hydroxylation is 1. The van der Waals surface area contributed by atoms with E-state index in [0.717, 1.165) is 17.6 Å². The number of pyridine rings is 1. The average Bonchev–Trinajstić information content (AvgIpc) is 2.92. The summed E-state index contributed by atoms with van der Waals surface area (Å²) in [6, 6.07) is 8.41. The highest BCUT2D eigenvalue weighted by Crippen LogP contribution is 2.31. The van der Waals surface area contributed by atoms with Crippen molar-refractivity contribution >= 4 is 16.9 Å². The highest BCUT2D eigenvalue weighted by atomic mass is 19.4. The number of benzene rings is 1. The van der Waals surface area contributed by atoms with Crippen LogP contribution in [0.25, 0.3) is 10.9 Å². The Balaban J connectivity index is 0.000000423. The van der Waals surface area contributed by atoms with E-state index in [0.29, 0.717) is 18.4 Å². The number of carboxylic acids is 1. The molecule has 0 radical (unpaired) electrons. The minimum absolute atomic E-state index is 0.240. The Bertz CT molecular complexity index is 1040. The Labute approximate surface area is 177 Å². The Morgan fingerprint density at radius 2 is 1.74 bits per heavy atom. The molecule has 31 heavy (non-hydrogen) atoms. The van der Waals surface area contributed by atoms with Crippen LogP contribution in [0, 0.1) is 25.6 Å². The smallest absolute Gasteiger partial charge is 0.475 e. The minimum atomic E-state index is -5.08. The van der Waals surface area contributed by atoms with Crippen molar-refractivity contribution in [1.82, 2.24) is 9.55 Å². The lowest BCUT2D eigenvalue weighted by atomic mass is 10.2. The number of carboxylic acid groups (broad SMARTS) is 1. The van der Waals surface area contributed by atoms with Gasteiger partial charge in [0.05, 0.1) is 0 Å². The van der Waals surface area contributed by atoms with E-state index in [-0.39, 0.29) is 5.82 Å². The number of ether oxygens (including phenoxy) is 1. The molecule has 0 amide bonds. The van der Waals surface area contributed by atoms with Crippen molar-refractivity contribution in [2.45, 2.75) is 47.0 Å². The van der Waals surface area contributed by atoms with Crippen molar-refractivity contribution in [3.05, 3.63) is 59.2 Å². The zero-order chi connectivity index (χ0) is 23.3. The number of carbonyl (C=O) groups is 1. The Morgan fingerprint density at radius 3 is 2.26 bits per heavy atom. The first-order chi connectivity index (χ1) is 14.4. The summed E-state index contributed by atoms with van der Waals surface area (Å²) < 4.78 is 53.0. The maximum Gasteiger partial charge on any atom is 0.490 e. The molecule has 0 saturated carbocycles. The molecule has 0 fully saturated rings. The van der Waals surface area contributed by atoms with Crippen LogP contribution < -0.4 is 4.74 Å². The van der Waals surface area contributed by atoms with Crippen LogP contribution in [0.5, 0.6) is 5.88 Å². The van der Waals surface area contributed by atoms with Crippen LogP contribution in [-0.2, 0) is 17.9 Å². The van der Waals surface area contributed by atoms with Crippen LogP contribution in [0.15, 0.2) is 36.5 Å². The van der Waals surface area contributed by atoms with E-state index in [9.17, 15) is 17.6 Å². The van der Waals surface area contributed by atoms with Gasteiger partial charge in [0.25, 0.3) is 0 Å². The van der Waals surface area contributed by atoms with E-state index in [1.54, 1.807) is 18.3 Å². The summed E-state index contributed by atoms with van der Waals surface area (Å²) in [6.07, 6.45) is -3.30. The van der Waals surface area contributed by atoms with Crippen molar-refractivity contribution in [2.24, 2.45) is 5.92 Å². The van der Waals surface area contributed by atoms with E-state index >= 15 is 0 Å².